The van der Waals surface area contributed by atoms with Gasteiger partial charge in [-0.25, -0.2) is 0 Å². The van der Waals surface area contributed by atoms with Gasteiger partial charge in [0.25, 0.3) is 0 Å². The molecule has 1 N–H and O–H groups in total. The monoisotopic (exact) mass is 177 g/mol. The molecule has 11 heavy (non-hydrogen) atoms. The van der Waals surface area contributed by atoms with Crippen molar-refractivity contribution in [3.05, 3.63) is 0 Å². The molecule has 0 amide bonds. The lowest BCUT2D eigenvalue weighted by atomic mass is 10.4. The van der Waals surface area contributed by atoms with Gasteiger partial charge < -0.3 is 5.11 Å². The molecule has 0 saturated heterocycles. The Bertz CT molecular complexity index is 153. The number of carboxylic acids is 1. The van der Waals surface area contributed by atoms with E-state index in [2.05, 4.69) is 5.92 Å². The van der Waals surface area contributed by atoms with Gasteiger partial charge in [0, 0.05) is 13.0 Å². The largest absolute Gasteiger partial charge is 0.480 e. The van der Waals surface area contributed by atoms with Gasteiger partial charge in [0.05, 0.1) is 6.54 Å². The highest BCUT2D eigenvalue weighted by Crippen LogP contribution is 1.84. The second-order valence-corrected chi connectivity index (χ2v) is 2.09. The molecular weight excluding hydrogens is 166 g/mol. The summed E-state index contributed by atoms with van der Waals surface area (Å²) in [7, 11) is 1.73. The summed E-state index contributed by atoms with van der Waals surface area (Å²) in [5, 5.41) is 8.29. The molecule has 0 spiro atoms. The number of carbonyl (C=O) groups is 1. The summed E-state index contributed by atoms with van der Waals surface area (Å²) in [4.78, 5) is 11.7. The number of rotatable bonds is 4. The lowest BCUT2D eigenvalue weighted by molar-refractivity contribution is -0.137. The molecule has 0 unspecified atom stereocenters. The first-order valence-electron chi connectivity index (χ1n) is 3.00. The summed E-state index contributed by atoms with van der Waals surface area (Å²) < 4.78 is 0. The van der Waals surface area contributed by atoms with E-state index in [9.17, 15) is 4.79 Å². The van der Waals surface area contributed by atoms with Crippen LogP contribution in [0.2, 0.25) is 0 Å². The van der Waals surface area contributed by atoms with E-state index in [1.165, 1.54) is 0 Å². The maximum atomic E-state index is 10.1. The molecule has 64 valence electrons. The van der Waals surface area contributed by atoms with Gasteiger partial charge in [0.2, 0.25) is 0 Å². The van der Waals surface area contributed by atoms with Crippen molar-refractivity contribution in [2.45, 2.75) is 6.42 Å². The van der Waals surface area contributed by atoms with Gasteiger partial charge >= 0.3 is 5.97 Å². The fourth-order valence-electron chi connectivity index (χ4n) is 0.565. The van der Waals surface area contributed by atoms with Gasteiger partial charge in [-0.2, -0.15) is 0 Å². The summed E-state index contributed by atoms with van der Waals surface area (Å²) in [5.74, 6) is 1.62. The van der Waals surface area contributed by atoms with Crippen molar-refractivity contribution in [2.24, 2.45) is 0 Å². The number of aliphatic carboxylic acids is 1. The van der Waals surface area contributed by atoms with Gasteiger partial charge in [0.15, 0.2) is 0 Å². The topological polar surface area (TPSA) is 40.5 Å². The van der Waals surface area contributed by atoms with Crippen LogP contribution < -0.4 is 0 Å². The maximum absolute atomic E-state index is 10.1. The molecule has 0 aliphatic carbocycles. The van der Waals surface area contributed by atoms with Crippen LogP contribution in [0.3, 0.4) is 0 Å². The lowest BCUT2D eigenvalue weighted by Gasteiger charge is -2.10. The lowest BCUT2D eigenvalue weighted by Crippen LogP contribution is -2.26. The molecule has 0 rings (SSSR count). The van der Waals surface area contributed by atoms with Crippen LogP contribution in [0.4, 0.5) is 0 Å². The molecule has 0 aromatic rings. The molecule has 0 heterocycles. The van der Waals surface area contributed by atoms with Crippen molar-refractivity contribution in [3.8, 4) is 12.3 Å². The van der Waals surface area contributed by atoms with E-state index in [1.54, 1.807) is 11.9 Å². The number of likely N-dealkylation sites (N-methyl/N-ethyl adjacent to an activating group) is 1. The minimum absolute atomic E-state index is 0. The van der Waals surface area contributed by atoms with Crippen molar-refractivity contribution >= 4 is 18.4 Å². The van der Waals surface area contributed by atoms with Gasteiger partial charge in [-0.05, 0) is 7.05 Å². The van der Waals surface area contributed by atoms with Gasteiger partial charge in [-0.1, -0.05) is 0 Å². The van der Waals surface area contributed by atoms with Crippen LogP contribution in [-0.4, -0.2) is 36.1 Å². The van der Waals surface area contributed by atoms with E-state index in [0.29, 0.717) is 13.0 Å². The number of hydrogen-bond donors (Lipinski definition) is 1. The first-order chi connectivity index (χ1) is 4.66. The number of halogens is 1. The molecule has 0 aliphatic heterocycles. The second-order valence-electron chi connectivity index (χ2n) is 2.09. The standard InChI is InChI=1S/C7H11NO2.ClH/c1-3-4-5-8(2)6-7(9)10;/h1H,4-6H2,2H3,(H,9,10);1H. The Kier molecular flexibility index (Phi) is 8.67. The maximum Gasteiger partial charge on any atom is 0.317 e. The van der Waals surface area contributed by atoms with Gasteiger partial charge in [0.1, 0.15) is 0 Å². The zero-order chi connectivity index (χ0) is 7.98. The van der Waals surface area contributed by atoms with Crippen molar-refractivity contribution < 1.29 is 9.90 Å². The van der Waals surface area contributed by atoms with Crippen LogP contribution in [-0.2, 0) is 4.79 Å². The van der Waals surface area contributed by atoms with Crippen LogP contribution in [0.1, 0.15) is 6.42 Å². The SMILES string of the molecule is C#CCCN(C)CC(=O)O.Cl. The Labute approximate surface area is 72.8 Å². The van der Waals surface area contributed by atoms with E-state index in [-0.39, 0.29) is 19.0 Å². The molecular formula is C7H12ClNO2. The quantitative estimate of drug-likeness (QED) is 0.634. The third kappa shape index (κ3) is 9.28. The molecule has 0 radical (unpaired) electrons. The van der Waals surface area contributed by atoms with E-state index in [4.69, 9.17) is 11.5 Å². The van der Waals surface area contributed by atoms with Crippen molar-refractivity contribution in [1.82, 2.24) is 4.90 Å². The Balaban J connectivity index is 0. The highest BCUT2D eigenvalue weighted by molar-refractivity contribution is 5.85. The summed E-state index contributed by atoms with van der Waals surface area (Å²) in [5.41, 5.74) is 0. The summed E-state index contributed by atoms with van der Waals surface area (Å²) in [6.07, 6.45) is 5.58. The second kappa shape index (κ2) is 7.39. The molecule has 0 aliphatic rings. The minimum atomic E-state index is -0.820. The molecule has 3 nitrogen and oxygen atoms in total. The van der Waals surface area contributed by atoms with E-state index in [1.807, 2.05) is 0 Å². The van der Waals surface area contributed by atoms with Crippen molar-refractivity contribution in [1.29, 1.82) is 0 Å². The Morgan fingerprint density at radius 1 is 1.73 bits per heavy atom. The molecule has 0 saturated carbocycles. The molecule has 0 bridgehead atoms. The fraction of sp³-hybridized carbons (Fsp3) is 0.571. The Hall–Kier alpha value is -0.720. The number of carboxylic acid groups (broad SMARTS) is 1. The van der Waals surface area contributed by atoms with Gasteiger partial charge in [-0.3, -0.25) is 9.69 Å². The predicted molar refractivity (Wildman–Crippen MR) is 45.8 cm³/mol. The normalized spacial score (nSPS) is 8.45. The van der Waals surface area contributed by atoms with Crippen LogP contribution >= 0.6 is 12.4 Å². The van der Waals surface area contributed by atoms with Crippen LogP contribution in [0.5, 0.6) is 0 Å². The van der Waals surface area contributed by atoms with Crippen LogP contribution in [0, 0.1) is 12.3 Å². The first kappa shape index (κ1) is 12.9. The smallest absolute Gasteiger partial charge is 0.317 e. The van der Waals surface area contributed by atoms with Crippen molar-refractivity contribution in [2.75, 3.05) is 20.1 Å². The van der Waals surface area contributed by atoms with Gasteiger partial charge in [-0.15, -0.1) is 24.8 Å². The number of terminal acetylenes is 1. The molecule has 0 fully saturated rings. The summed E-state index contributed by atoms with van der Waals surface area (Å²) in [6, 6.07) is 0. The van der Waals surface area contributed by atoms with E-state index in [0.717, 1.165) is 0 Å². The third-order valence-corrected chi connectivity index (χ3v) is 1.04. The fourth-order valence-corrected chi connectivity index (χ4v) is 0.565. The zero-order valence-corrected chi connectivity index (χ0v) is 7.23. The minimum Gasteiger partial charge on any atom is -0.480 e. The summed E-state index contributed by atoms with van der Waals surface area (Å²) in [6.45, 7) is 0.699. The van der Waals surface area contributed by atoms with E-state index >= 15 is 0 Å². The number of hydrogen-bond acceptors (Lipinski definition) is 2. The highest BCUT2D eigenvalue weighted by atomic mass is 35.5. The Morgan fingerprint density at radius 2 is 2.27 bits per heavy atom. The zero-order valence-electron chi connectivity index (χ0n) is 6.41. The average molecular weight is 178 g/mol. The van der Waals surface area contributed by atoms with E-state index < -0.39 is 5.97 Å². The average Bonchev–Trinajstić information content (AvgIpc) is 1.82. The molecule has 0 aromatic carbocycles. The molecule has 0 atom stereocenters. The predicted octanol–water partition coefficient (Wildman–Crippen LogP) is 0.448. The molecule has 0 aromatic heterocycles. The van der Waals surface area contributed by atoms with Crippen LogP contribution in [0.15, 0.2) is 0 Å². The number of nitrogens with zero attached hydrogens (tertiary/aromatic N) is 1. The van der Waals surface area contributed by atoms with Crippen LogP contribution in [0.25, 0.3) is 0 Å². The molecule has 4 heteroatoms. The van der Waals surface area contributed by atoms with Crippen molar-refractivity contribution in [3.63, 3.8) is 0 Å². The Morgan fingerprint density at radius 3 is 2.64 bits per heavy atom. The highest BCUT2D eigenvalue weighted by Gasteiger charge is 2.01. The summed E-state index contributed by atoms with van der Waals surface area (Å²) >= 11 is 0. The first-order valence-corrected chi connectivity index (χ1v) is 3.00. The third-order valence-electron chi connectivity index (χ3n) is 1.04.